The molecule has 1 amide bonds. The summed E-state index contributed by atoms with van der Waals surface area (Å²) in [6, 6.07) is 9.31. The smallest absolute Gasteiger partial charge is 0.274 e. The number of nitrogens with one attached hydrogen (secondary N) is 1. The van der Waals surface area contributed by atoms with E-state index in [9.17, 15) is 4.79 Å². The number of rotatable bonds is 2. The fraction of sp³-hybridized carbons (Fsp3) is 0.133. The Kier molecular flexibility index (Phi) is 2.49. The van der Waals surface area contributed by atoms with Gasteiger partial charge in [0, 0.05) is 18.9 Å². The molecule has 0 spiro atoms. The van der Waals surface area contributed by atoms with E-state index in [2.05, 4.69) is 16.8 Å². The van der Waals surface area contributed by atoms with Gasteiger partial charge in [-0.2, -0.15) is 5.26 Å². The van der Waals surface area contributed by atoms with Gasteiger partial charge in [-0.1, -0.05) is 12.1 Å². The molecular weight excluding hydrogens is 238 g/mol. The second-order valence-corrected chi connectivity index (χ2v) is 4.43. The Labute approximate surface area is 110 Å². The second-order valence-electron chi connectivity index (χ2n) is 4.43. The molecule has 4 heteroatoms. The third-order valence-electron chi connectivity index (χ3n) is 3.28. The van der Waals surface area contributed by atoms with Crippen LogP contribution in [0.25, 0.3) is 10.9 Å². The van der Waals surface area contributed by atoms with E-state index in [4.69, 9.17) is 5.26 Å². The van der Waals surface area contributed by atoms with Gasteiger partial charge in [-0.3, -0.25) is 4.79 Å². The van der Waals surface area contributed by atoms with Crippen LogP contribution in [0.4, 0.5) is 0 Å². The highest BCUT2D eigenvalue weighted by atomic mass is 16.2. The molecule has 1 aromatic carbocycles. The normalized spacial score (nSPS) is 12.7. The van der Waals surface area contributed by atoms with Crippen LogP contribution in [0.15, 0.2) is 41.8 Å². The SMILES string of the molecule is CN(C(=O)c1cc2cccc(C#N)c2[nH]1)C1=C=CC1. The fourth-order valence-corrected chi connectivity index (χ4v) is 2.09. The van der Waals surface area contributed by atoms with Crippen molar-refractivity contribution in [2.45, 2.75) is 6.42 Å². The number of nitrogens with zero attached hydrogens (tertiary/aromatic N) is 2. The number of hydrogen-bond acceptors (Lipinski definition) is 2. The van der Waals surface area contributed by atoms with Crippen LogP contribution in [-0.4, -0.2) is 22.8 Å². The number of carbonyl (C=O) groups is 1. The summed E-state index contributed by atoms with van der Waals surface area (Å²) in [6.45, 7) is 0. The number of hydrogen-bond donors (Lipinski definition) is 1. The Morgan fingerprint density at radius 3 is 2.95 bits per heavy atom. The third kappa shape index (κ3) is 1.74. The molecule has 2 aromatic rings. The first kappa shape index (κ1) is 11.3. The number of aromatic nitrogens is 1. The van der Waals surface area contributed by atoms with Crippen molar-refractivity contribution in [2.75, 3.05) is 7.05 Å². The van der Waals surface area contributed by atoms with Gasteiger partial charge in [-0.25, -0.2) is 0 Å². The Morgan fingerprint density at radius 2 is 2.32 bits per heavy atom. The average Bonchev–Trinajstić information content (AvgIpc) is 2.79. The van der Waals surface area contributed by atoms with E-state index in [0.717, 1.165) is 17.5 Å². The van der Waals surface area contributed by atoms with Crippen LogP contribution >= 0.6 is 0 Å². The molecule has 1 aliphatic carbocycles. The standard InChI is InChI=1S/C15H11N3O/c1-18(12-6-3-7-12)15(19)13-8-10-4-2-5-11(9-16)14(10)17-13/h2-5,8,17H,6H2,1H3. The lowest BCUT2D eigenvalue weighted by Gasteiger charge is -2.20. The average molecular weight is 249 g/mol. The van der Waals surface area contributed by atoms with Crippen LogP contribution in [0.2, 0.25) is 0 Å². The van der Waals surface area contributed by atoms with Gasteiger partial charge in [0.05, 0.1) is 16.8 Å². The molecule has 0 saturated carbocycles. The molecule has 0 aliphatic heterocycles. The van der Waals surface area contributed by atoms with Gasteiger partial charge in [-0.15, -0.1) is 5.73 Å². The lowest BCUT2D eigenvalue weighted by Crippen LogP contribution is -2.27. The van der Waals surface area contributed by atoms with Crippen molar-refractivity contribution in [1.29, 1.82) is 5.26 Å². The summed E-state index contributed by atoms with van der Waals surface area (Å²) in [4.78, 5) is 16.9. The molecule has 0 radical (unpaired) electrons. The summed E-state index contributed by atoms with van der Waals surface area (Å²) in [6.07, 6.45) is 2.66. The number of para-hydroxylation sites is 1. The van der Waals surface area contributed by atoms with E-state index in [0.29, 0.717) is 16.8 Å². The molecule has 0 bridgehead atoms. The minimum atomic E-state index is -0.115. The van der Waals surface area contributed by atoms with Gasteiger partial charge < -0.3 is 9.88 Å². The fourth-order valence-electron chi connectivity index (χ4n) is 2.09. The van der Waals surface area contributed by atoms with Crippen molar-refractivity contribution < 1.29 is 4.79 Å². The van der Waals surface area contributed by atoms with Crippen molar-refractivity contribution in [3.8, 4) is 6.07 Å². The molecule has 0 fully saturated rings. The number of nitriles is 1. The molecule has 92 valence electrons. The Balaban J connectivity index is 2.04. The number of amides is 1. The van der Waals surface area contributed by atoms with Crippen molar-refractivity contribution in [1.82, 2.24) is 9.88 Å². The van der Waals surface area contributed by atoms with Gasteiger partial charge >= 0.3 is 0 Å². The zero-order valence-electron chi connectivity index (χ0n) is 10.4. The maximum Gasteiger partial charge on any atom is 0.274 e. The minimum Gasteiger partial charge on any atom is -0.349 e. The minimum absolute atomic E-state index is 0.115. The number of benzene rings is 1. The van der Waals surface area contributed by atoms with Crippen LogP contribution in [-0.2, 0) is 0 Å². The first-order chi connectivity index (χ1) is 9.20. The van der Waals surface area contributed by atoms with Gasteiger partial charge in [0.1, 0.15) is 11.8 Å². The van der Waals surface area contributed by atoms with Gasteiger partial charge in [0.2, 0.25) is 0 Å². The van der Waals surface area contributed by atoms with Gasteiger partial charge in [0.25, 0.3) is 5.91 Å². The molecular formula is C15H11N3O. The predicted molar refractivity (Wildman–Crippen MR) is 71.3 cm³/mol. The molecule has 1 heterocycles. The van der Waals surface area contributed by atoms with Crippen molar-refractivity contribution >= 4 is 16.8 Å². The highest BCUT2D eigenvalue weighted by Crippen LogP contribution is 2.22. The summed E-state index contributed by atoms with van der Waals surface area (Å²) in [7, 11) is 1.73. The van der Waals surface area contributed by atoms with Crippen LogP contribution in [0, 0.1) is 11.3 Å². The summed E-state index contributed by atoms with van der Waals surface area (Å²) in [5, 5.41) is 9.91. The second kappa shape index (κ2) is 4.16. The molecule has 19 heavy (non-hydrogen) atoms. The predicted octanol–water partition coefficient (Wildman–Crippen LogP) is 2.55. The van der Waals surface area contributed by atoms with E-state index in [1.807, 2.05) is 18.2 Å². The molecule has 0 unspecified atom stereocenters. The largest absolute Gasteiger partial charge is 0.349 e. The van der Waals surface area contributed by atoms with Crippen molar-refractivity contribution in [2.24, 2.45) is 0 Å². The lowest BCUT2D eigenvalue weighted by atomic mass is 10.1. The Bertz CT molecular complexity index is 785. The van der Waals surface area contributed by atoms with E-state index >= 15 is 0 Å². The first-order valence-corrected chi connectivity index (χ1v) is 5.94. The first-order valence-electron chi connectivity index (χ1n) is 5.94. The van der Waals surface area contributed by atoms with Crippen molar-refractivity contribution in [3.63, 3.8) is 0 Å². The van der Waals surface area contributed by atoms with Crippen LogP contribution in [0.3, 0.4) is 0 Å². The molecule has 0 saturated heterocycles. The van der Waals surface area contributed by atoms with E-state index in [1.54, 1.807) is 24.1 Å². The van der Waals surface area contributed by atoms with Gasteiger partial charge in [0.15, 0.2) is 0 Å². The maximum atomic E-state index is 12.3. The van der Waals surface area contributed by atoms with E-state index in [-0.39, 0.29) is 5.91 Å². The topological polar surface area (TPSA) is 59.9 Å². The van der Waals surface area contributed by atoms with Crippen molar-refractivity contribution in [3.05, 3.63) is 53.0 Å². The van der Waals surface area contributed by atoms with E-state index in [1.165, 1.54) is 0 Å². The monoisotopic (exact) mass is 249 g/mol. The zero-order valence-corrected chi connectivity index (χ0v) is 10.4. The Morgan fingerprint density at radius 1 is 1.53 bits per heavy atom. The highest BCUT2D eigenvalue weighted by molar-refractivity contribution is 5.99. The molecule has 0 atom stereocenters. The number of carbonyl (C=O) groups excluding carboxylic acids is 1. The van der Waals surface area contributed by atoms with Gasteiger partial charge in [-0.05, 0) is 18.2 Å². The summed E-state index contributed by atoms with van der Waals surface area (Å²) >= 11 is 0. The molecule has 1 aliphatic rings. The lowest BCUT2D eigenvalue weighted by molar-refractivity contribution is 0.0828. The summed E-state index contributed by atoms with van der Waals surface area (Å²) in [5.74, 6) is -0.115. The number of H-pyrrole nitrogens is 1. The van der Waals surface area contributed by atoms with Crippen LogP contribution < -0.4 is 0 Å². The quantitative estimate of drug-likeness (QED) is 0.831. The molecule has 4 nitrogen and oxygen atoms in total. The van der Waals surface area contributed by atoms with Crippen LogP contribution in [0.5, 0.6) is 0 Å². The molecule has 1 N–H and O–H groups in total. The maximum absolute atomic E-state index is 12.3. The molecule has 3 rings (SSSR count). The number of aromatic amines is 1. The summed E-state index contributed by atoms with van der Waals surface area (Å²) < 4.78 is 0. The highest BCUT2D eigenvalue weighted by Gasteiger charge is 2.19. The summed E-state index contributed by atoms with van der Waals surface area (Å²) in [5.41, 5.74) is 5.60. The number of fused-ring (bicyclic) bond motifs is 1. The third-order valence-corrected chi connectivity index (χ3v) is 3.28. The van der Waals surface area contributed by atoms with Crippen LogP contribution in [0.1, 0.15) is 22.5 Å². The Hall–Kier alpha value is -2.76. The zero-order chi connectivity index (χ0) is 13.4. The molecule has 1 aromatic heterocycles. The van der Waals surface area contributed by atoms with E-state index < -0.39 is 0 Å².